The van der Waals surface area contributed by atoms with E-state index in [1.165, 1.54) is 27.9 Å². The van der Waals surface area contributed by atoms with Crippen molar-refractivity contribution in [2.75, 3.05) is 51.7 Å². The number of benzene rings is 3. The molecule has 41 heavy (non-hydrogen) atoms. The number of carbonyl (C=O) groups excluding carboxylic acids is 1. The Kier molecular flexibility index (Phi) is 8.76. The molecule has 0 aliphatic carbocycles. The highest BCUT2D eigenvalue weighted by Gasteiger charge is 2.29. The van der Waals surface area contributed by atoms with Gasteiger partial charge in [-0.3, -0.25) is 9.69 Å². The largest absolute Gasteiger partial charge is 0.495 e. The molecule has 0 aromatic heterocycles. The number of methoxy groups -OCH3 is 1. The maximum absolute atomic E-state index is 13.0. The molecule has 0 bridgehead atoms. The monoisotopic (exact) mass is 598 g/mol. The third-order valence-electron chi connectivity index (χ3n) is 7.46. The topological polar surface area (TPSA) is 116 Å². The second-order valence-electron chi connectivity index (χ2n) is 10.1. The molecule has 1 amide bonds. The van der Waals surface area contributed by atoms with E-state index in [0.29, 0.717) is 62.0 Å². The molecule has 5 rings (SSSR count). The minimum Gasteiger partial charge on any atom is -0.495 e. The summed E-state index contributed by atoms with van der Waals surface area (Å²) < 4.78 is 60.1. The van der Waals surface area contributed by atoms with E-state index in [1.54, 1.807) is 48.5 Å². The highest BCUT2D eigenvalue weighted by atomic mass is 32.2. The molecule has 0 atom stereocenters. The Labute approximate surface area is 241 Å². The molecule has 0 unspecified atom stereocenters. The summed E-state index contributed by atoms with van der Waals surface area (Å²) in [7, 11) is -5.69. The summed E-state index contributed by atoms with van der Waals surface area (Å²) in [6.07, 6.45) is 1.67. The summed E-state index contributed by atoms with van der Waals surface area (Å²) in [6.45, 7) is 3.63. The van der Waals surface area contributed by atoms with E-state index < -0.39 is 20.0 Å². The summed E-state index contributed by atoms with van der Waals surface area (Å²) in [5.74, 6) is -0.0194. The van der Waals surface area contributed by atoms with Crippen LogP contribution in [0.25, 0.3) is 0 Å². The minimum absolute atomic E-state index is 0.113. The van der Waals surface area contributed by atoms with Crippen LogP contribution in [0.15, 0.2) is 82.6 Å². The molecule has 0 saturated carbocycles. The first-order valence-corrected chi connectivity index (χ1v) is 16.4. The van der Waals surface area contributed by atoms with Gasteiger partial charge in [0.2, 0.25) is 20.0 Å². The summed E-state index contributed by atoms with van der Waals surface area (Å²) in [4.78, 5) is 15.7. The Hall–Kier alpha value is -3.29. The molecule has 12 heteroatoms. The number of anilines is 1. The van der Waals surface area contributed by atoms with E-state index in [9.17, 15) is 21.6 Å². The van der Waals surface area contributed by atoms with Gasteiger partial charge in [0.15, 0.2) is 0 Å². The lowest BCUT2D eigenvalue weighted by Gasteiger charge is -2.34. The summed E-state index contributed by atoms with van der Waals surface area (Å²) in [6, 6.07) is 20.1. The van der Waals surface area contributed by atoms with Gasteiger partial charge in [0.1, 0.15) is 5.75 Å². The van der Waals surface area contributed by atoms with Crippen molar-refractivity contribution in [3.05, 3.63) is 83.9 Å². The van der Waals surface area contributed by atoms with E-state index in [4.69, 9.17) is 4.74 Å². The third-order valence-corrected chi connectivity index (χ3v) is 11.3. The smallest absolute Gasteiger partial charge is 0.255 e. The van der Waals surface area contributed by atoms with Crippen LogP contribution in [-0.4, -0.2) is 82.6 Å². The average molecular weight is 599 g/mol. The molecule has 0 spiro atoms. The van der Waals surface area contributed by atoms with Crippen molar-refractivity contribution < 1.29 is 26.4 Å². The standard InChI is InChI=1S/C29H34N4O6S2/c1-39-28-14-13-26(41(37,38)32-15-5-6-16-32)21-27(28)30-29(34)24-11-9-23(10-12-24)22-31-17-19-33(20-18-31)40(35,36)25-7-3-2-4-8-25/h2-4,7-14,21H,5-6,15-20,22H2,1H3,(H,30,34). The first-order valence-electron chi connectivity index (χ1n) is 13.5. The van der Waals surface area contributed by atoms with Gasteiger partial charge in [0.25, 0.3) is 5.91 Å². The predicted molar refractivity (Wildman–Crippen MR) is 156 cm³/mol. The summed E-state index contributed by atoms with van der Waals surface area (Å²) in [5, 5.41) is 2.79. The molecule has 2 heterocycles. The number of ether oxygens (including phenoxy) is 1. The van der Waals surface area contributed by atoms with Crippen LogP contribution in [0, 0.1) is 0 Å². The van der Waals surface area contributed by atoms with Crippen LogP contribution in [0.4, 0.5) is 5.69 Å². The van der Waals surface area contributed by atoms with Crippen molar-refractivity contribution in [3.63, 3.8) is 0 Å². The van der Waals surface area contributed by atoms with Gasteiger partial charge < -0.3 is 10.1 Å². The highest BCUT2D eigenvalue weighted by Crippen LogP contribution is 2.30. The second-order valence-corrected chi connectivity index (χ2v) is 14.0. The van der Waals surface area contributed by atoms with Gasteiger partial charge in [-0.25, -0.2) is 16.8 Å². The first kappa shape index (κ1) is 29.2. The fraction of sp³-hybridized carbons (Fsp3) is 0.345. The first-order chi connectivity index (χ1) is 19.7. The van der Waals surface area contributed by atoms with E-state index in [2.05, 4.69) is 10.2 Å². The molecule has 3 aromatic rings. The lowest BCUT2D eigenvalue weighted by Crippen LogP contribution is -2.48. The number of amides is 1. The number of carbonyl (C=O) groups is 1. The molecule has 3 aromatic carbocycles. The fourth-order valence-corrected chi connectivity index (χ4v) is 8.09. The van der Waals surface area contributed by atoms with Crippen LogP contribution in [0.5, 0.6) is 5.75 Å². The number of hydrogen-bond donors (Lipinski definition) is 1. The molecular formula is C29H34N4O6S2. The van der Waals surface area contributed by atoms with Gasteiger partial charge in [-0.15, -0.1) is 0 Å². The summed E-state index contributed by atoms with van der Waals surface area (Å²) in [5.41, 5.74) is 1.70. The zero-order valence-electron chi connectivity index (χ0n) is 22.9. The van der Waals surface area contributed by atoms with E-state index >= 15 is 0 Å². The number of rotatable bonds is 9. The van der Waals surface area contributed by atoms with Crippen molar-refractivity contribution in [2.24, 2.45) is 0 Å². The number of nitrogens with one attached hydrogen (secondary N) is 1. The van der Waals surface area contributed by atoms with Crippen LogP contribution >= 0.6 is 0 Å². The van der Waals surface area contributed by atoms with Gasteiger partial charge in [0, 0.05) is 51.4 Å². The van der Waals surface area contributed by atoms with Gasteiger partial charge >= 0.3 is 0 Å². The van der Waals surface area contributed by atoms with Crippen LogP contribution in [-0.2, 0) is 26.6 Å². The molecule has 0 radical (unpaired) electrons. The Morgan fingerprint density at radius 2 is 1.37 bits per heavy atom. The average Bonchev–Trinajstić information content (AvgIpc) is 3.55. The Balaban J connectivity index is 1.20. The SMILES string of the molecule is COc1ccc(S(=O)(=O)N2CCCC2)cc1NC(=O)c1ccc(CN2CCN(S(=O)(=O)c3ccccc3)CC2)cc1. The van der Waals surface area contributed by atoms with Crippen molar-refractivity contribution in [2.45, 2.75) is 29.2 Å². The molecule has 2 aliphatic heterocycles. The van der Waals surface area contributed by atoms with E-state index in [-0.39, 0.29) is 16.5 Å². The van der Waals surface area contributed by atoms with Gasteiger partial charge in [-0.2, -0.15) is 8.61 Å². The van der Waals surface area contributed by atoms with Crippen molar-refractivity contribution in [1.29, 1.82) is 0 Å². The number of piperazine rings is 1. The molecule has 2 aliphatic rings. The van der Waals surface area contributed by atoms with Gasteiger partial charge in [0.05, 0.1) is 22.6 Å². The van der Waals surface area contributed by atoms with Crippen molar-refractivity contribution >= 4 is 31.6 Å². The highest BCUT2D eigenvalue weighted by molar-refractivity contribution is 7.89. The van der Waals surface area contributed by atoms with E-state index in [1.807, 2.05) is 12.1 Å². The van der Waals surface area contributed by atoms with Gasteiger partial charge in [-0.05, 0) is 60.9 Å². The minimum atomic E-state index is -3.65. The molecule has 1 N–H and O–H groups in total. The van der Waals surface area contributed by atoms with Crippen molar-refractivity contribution in [1.82, 2.24) is 13.5 Å². The molecule has 218 valence electrons. The third kappa shape index (κ3) is 6.47. The van der Waals surface area contributed by atoms with E-state index in [0.717, 1.165) is 18.4 Å². The predicted octanol–water partition coefficient (Wildman–Crippen LogP) is 3.24. The molecular weight excluding hydrogens is 564 g/mol. The van der Waals surface area contributed by atoms with Gasteiger partial charge in [-0.1, -0.05) is 30.3 Å². The van der Waals surface area contributed by atoms with Crippen molar-refractivity contribution in [3.8, 4) is 5.75 Å². The molecule has 2 fully saturated rings. The van der Waals surface area contributed by atoms with Crippen LogP contribution < -0.4 is 10.1 Å². The summed E-state index contributed by atoms with van der Waals surface area (Å²) >= 11 is 0. The number of nitrogens with zero attached hydrogens (tertiary/aromatic N) is 3. The fourth-order valence-electron chi connectivity index (χ4n) is 5.11. The Morgan fingerprint density at radius 1 is 0.756 bits per heavy atom. The maximum Gasteiger partial charge on any atom is 0.255 e. The maximum atomic E-state index is 13.0. The number of sulfonamides is 2. The molecule has 2 saturated heterocycles. The number of hydrogen-bond acceptors (Lipinski definition) is 7. The zero-order valence-corrected chi connectivity index (χ0v) is 24.5. The lowest BCUT2D eigenvalue weighted by atomic mass is 10.1. The van der Waals surface area contributed by atoms with Crippen LogP contribution in [0.2, 0.25) is 0 Å². The Bertz CT molecular complexity index is 1580. The Morgan fingerprint density at radius 3 is 2.00 bits per heavy atom. The zero-order chi connectivity index (χ0) is 29.0. The quantitative estimate of drug-likeness (QED) is 0.402. The van der Waals surface area contributed by atoms with Crippen LogP contribution in [0.3, 0.4) is 0 Å². The lowest BCUT2D eigenvalue weighted by molar-refractivity contribution is 0.102. The normalized spacial score (nSPS) is 17.4. The van der Waals surface area contributed by atoms with Crippen LogP contribution in [0.1, 0.15) is 28.8 Å². The molecule has 10 nitrogen and oxygen atoms in total. The second kappa shape index (κ2) is 12.3.